The Labute approximate surface area is 159 Å². The Morgan fingerprint density at radius 3 is 2.67 bits per heavy atom. The van der Waals surface area contributed by atoms with Crippen molar-refractivity contribution in [1.82, 2.24) is 29.8 Å². The lowest BCUT2D eigenvalue weighted by Crippen LogP contribution is -2.12. The van der Waals surface area contributed by atoms with Crippen molar-refractivity contribution in [2.75, 3.05) is 5.84 Å². The number of aromatic nitrogens is 6. The van der Waals surface area contributed by atoms with E-state index in [2.05, 4.69) is 25.1 Å². The Balaban J connectivity index is 1.72. The first-order chi connectivity index (χ1) is 13.0. The molecule has 4 heterocycles. The third-order valence-electron chi connectivity index (χ3n) is 4.22. The molecule has 0 aliphatic heterocycles. The van der Waals surface area contributed by atoms with Gasteiger partial charge in [-0.3, -0.25) is 4.98 Å². The van der Waals surface area contributed by atoms with Crippen LogP contribution >= 0.6 is 11.8 Å². The van der Waals surface area contributed by atoms with Gasteiger partial charge < -0.3 is 10.3 Å². The summed E-state index contributed by atoms with van der Waals surface area (Å²) < 4.78 is 6.78. The third kappa shape index (κ3) is 3.17. The van der Waals surface area contributed by atoms with Crippen molar-refractivity contribution < 1.29 is 4.42 Å². The van der Waals surface area contributed by atoms with Gasteiger partial charge in [-0.15, -0.1) is 10.2 Å². The average Bonchev–Trinajstić information content (AvgIpc) is 3.25. The van der Waals surface area contributed by atoms with Crippen molar-refractivity contribution in [3.8, 4) is 22.8 Å². The maximum Gasteiger partial charge on any atom is 0.216 e. The normalized spacial score (nSPS) is 11.1. The molecule has 8 nitrogen and oxygen atoms in total. The Bertz CT molecular complexity index is 1100. The van der Waals surface area contributed by atoms with Gasteiger partial charge in [0.2, 0.25) is 5.16 Å². The van der Waals surface area contributed by atoms with E-state index in [4.69, 9.17) is 10.3 Å². The highest BCUT2D eigenvalue weighted by Gasteiger charge is 2.19. The zero-order valence-corrected chi connectivity index (χ0v) is 15.9. The lowest BCUT2D eigenvalue weighted by atomic mass is 10.2. The van der Waals surface area contributed by atoms with E-state index in [1.165, 1.54) is 16.4 Å². The van der Waals surface area contributed by atoms with Gasteiger partial charge >= 0.3 is 0 Å². The molecule has 0 aromatic carbocycles. The SMILES string of the molecule is Cc1nc(-c2cccnc2)nc(Sc2nnc(-c3ccoc3C)n2N)c1C. The van der Waals surface area contributed by atoms with Crippen molar-refractivity contribution >= 4 is 11.8 Å². The summed E-state index contributed by atoms with van der Waals surface area (Å²) >= 11 is 1.35. The first-order valence-corrected chi connectivity index (χ1v) is 9.04. The molecule has 4 aromatic heterocycles. The summed E-state index contributed by atoms with van der Waals surface area (Å²) in [6.07, 6.45) is 5.06. The fourth-order valence-electron chi connectivity index (χ4n) is 2.56. The molecule has 9 heteroatoms. The Morgan fingerprint density at radius 2 is 1.96 bits per heavy atom. The second-order valence-electron chi connectivity index (χ2n) is 5.97. The van der Waals surface area contributed by atoms with Gasteiger partial charge in [0.15, 0.2) is 11.6 Å². The molecule has 4 aromatic rings. The summed E-state index contributed by atoms with van der Waals surface area (Å²) in [5, 5.41) is 9.72. The molecule has 2 N–H and O–H groups in total. The van der Waals surface area contributed by atoms with Gasteiger partial charge in [-0.1, -0.05) is 0 Å². The topological polar surface area (TPSA) is 109 Å². The van der Waals surface area contributed by atoms with Crippen molar-refractivity contribution in [3.63, 3.8) is 0 Å². The number of nitrogens with two attached hydrogens (primary N) is 1. The van der Waals surface area contributed by atoms with E-state index in [-0.39, 0.29) is 0 Å². The van der Waals surface area contributed by atoms with Crippen molar-refractivity contribution in [2.45, 2.75) is 31.0 Å². The van der Waals surface area contributed by atoms with Gasteiger partial charge in [0, 0.05) is 29.2 Å². The molecule has 4 rings (SSSR count). The number of nitrogen functional groups attached to an aromatic ring is 1. The summed E-state index contributed by atoms with van der Waals surface area (Å²) in [5.74, 6) is 8.11. The molecule has 0 radical (unpaired) electrons. The summed E-state index contributed by atoms with van der Waals surface area (Å²) in [7, 11) is 0. The minimum atomic E-state index is 0.531. The zero-order valence-electron chi connectivity index (χ0n) is 15.0. The number of hydrogen-bond acceptors (Lipinski definition) is 8. The van der Waals surface area contributed by atoms with Crippen LogP contribution in [0.25, 0.3) is 22.8 Å². The second kappa shape index (κ2) is 6.84. The highest BCUT2D eigenvalue weighted by Crippen LogP contribution is 2.32. The lowest BCUT2D eigenvalue weighted by molar-refractivity contribution is 0.535. The molecule has 136 valence electrons. The molecule has 0 fully saturated rings. The lowest BCUT2D eigenvalue weighted by Gasteiger charge is -2.09. The van der Waals surface area contributed by atoms with Crippen molar-refractivity contribution in [3.05, 3.63) is 53.9 Å². The van der Waals surface area contributed by atoms with Crippen molar-refractivity contribution in [1.29, 1.82) is 0 Å². The van der Waals surface area contributed by atoms with E-state index in [0.717, 1.165) is 33.2 Å². The second-order valence-corrected chi connectivity index (χ2v) is 6.93. The van der Waals surface area contributed by atoms with Gasteiger partial charge in [-0.05, 0) is 50.7 Å². The van der Waals surface area contributed by atoms with Crippen LogP contribution in [0.4, 0.5) is 0 Å². The summed E-state index contributed by atoms with van der Waals surface area (Å²) in [4.78, 5) is 13.4. The largest absolute Gasteiger partial charge is 0.469 e. The number of rotatable bonds is 4. The van der Waals surface area contributed by atoms with Crippen LogP contribution in [0.3, 0.4) is 0 Å². The molecule has 0 aliphatic rings. The smallest absolute Gasteiger partial charge is 0.216 e. The molecule has 27 heavy (non-hydrogen) atoms. The maximum atomic E-state index is 6.22. The van der Waals surface area contributed by atoms with Crippen molar-refractivity contribution in [2.24, 2.45) is 0 Å². The van der Waals surface area contributed by atoms with E-state index >= 15 is 0 Å². The standard InChI is InChI=1S/C18H17N7OS/c1-10-11(2)21-15(13-5-4-7-20-9-13)22-17(10)27-18-24-23-16(25(18)19)14-6-8-26-12(14)3/h4-9H,19H2,1-3H3. The Morgan fingerprint density at radius 1 is 1.11 bits per heavy atom. The molecule has 0 bridgehead atoms. The first kappa shape index (κ1) is 17.2. The van der Waals surface area contributed by atoms with Gasteiger partial charge in [-0.2, -0.15) is 0 Å². The number of pyridine rings is 1. The number of nitrogens with zero attached hydrogens (tertiary/aromatic N) is 6. The highest BCUT2D eigenvalue weighted by molar-refractivity contribution is 7.99. The van der Waals surface area contributed by atoms with Gasteiger partial charge in [0.05, 0.1) is 11.8 Å². The average molecular weight is 379 g/mol. The van der Waals surface area contributed by atoms with Crippen LogP contribution in [0.15, 0.2) is 51.5 Å². The Kier molecular flexibility index (Phi) is 4.36. The number of furan rings is 1. The summed E-state index contributed by atoms with van der Waals surface area (Å²) in [6, 6.07) is 5.60. The van der Waals surface area contributed by atoms with Crippen LogP contribution in [0, 0.1) is 20.8 Å². The number of aryl methyl sites for hydroxylation is 2. The summed E-state index contributed by atoms with van der Waals surface area (Å²) in [5.41, 5.74) is 3.52. The van der Waals surface area contributed by atoms with Gasteiger partial charge in [0.1, 0.15) is 10.8 Å². The molecular formula is C18H17N7OS. The Hall–Kier alpha value is -3.20. The minimum absolute atomic E-state index is 0.531. The van der Waals surface area contributed by atoms with Crippen LogP contribution < -0.4 is 5.84 Å². The van der Waals surface area contributed by atoms with E-state index in [9.17, 15) is 0 Å². The third-order valence-corrected chi connectivity index (χ3v) is 5.27. The molecule has 0 unspecified atom stereocenters. The monoisotopic (exact) mass is 379 g/mol. The predicted molar refractivity (Wildman–Crippen MR) is 101 cm³/mol. The summed E-state index contributed by atoms with van der Waals surface area (Å²) in [6.45, 7) is 5.78. The minimum Gasteiger partial charge on any atom is -0.469 e. The van der Waals surface area contributed by atoms with E-state index in [1.54, 1.807) is 18.7 Å². The number of hydrogen-bond donors (Lipinski definition) is 1. The zero-order chi connectivity index (χ0) is 19.0. The highest BCUT2D eigenvalue weighted by atomic mass is 32.2. The fraction of sp³-hybridized carbons (Fsp3) is 0.167. The van der Waals surface area contributed by atoms with Crippen LogP contribution in [0.5, 0.6) is 0 Å². The molecule has 0 saturated carbocycles. The fourth-order valence-corrected chi connectivity index (χ4v) is 3.43. The van der Waals surface area contributed by atoms with Crippen LogP contribution in [0.1, 0.15) is 17.0 Å². The molecule has 0 aliphatic carbocycles. The maximum absolute atomic E-state index is 6.22. The molecule has 0 spiro atoms. The van der Waals surface area contributed by atoms with Crippen LogP contribution in [-0.4, -0.2) is 29.8 Å². The van der Waals surface area contributed by atoms with Crippen LogP contribution in [0.2, 0.25) is 0 Å². The molecular weight excluding hydrogens is 362 g/mol. The van der Waals surface area contributed by atoms with Crippen LogP contribution in [-0.2, 0) is 0 Å². The van der Waals surface area contributed by atoms with E-state index in [1.807, 2.05) is 39.0 Å². The van der Waals surface area contributed by atoms with E-state index in [0.29, 0.717) is 16.8 Å². The van der Waals surface area contributed by atoms with E-state index < -0.39 is 0 Å². The van der Waals surface area contributed by atoms with Gasteiger partial charge in [-0.25, -0.2) is 14.6 Å². The molecule has 0 amide bonds. The quantitative estimate of drug-likeness (QED) is 0.425. The molecule has 0 atom stereocenters. The van der Waals surface area contributed by atoms with Gasteiger partial charge in [0.25, 0.3) is 0 Å². The molecule has 0 saturated heterocycles. The predicted octanol–water partition coefficient (Wildman–Crippen LogP) is 3.18. The first-order valence-electron chi connectivity index (χ1n) is 8.23.